The van der Waals surface area contributed by atoms with E-state index in [2.05, 4.69) is 6.92 Å². The molecule has 1 fully saturated rings. The number of rotatable bonds is 9. The lowest BCUT2D eigenvalue weighted by atomic mass is 10.0. The Labute approximate surface area is 96.9 Å². The summed E-state index contributed by atoms with van der Waals surface area (Å²) in [6.45, 7) is 3.11. The molecule has 1 heterocycles. The molecule has 94 valence electrons. The molecule has 0 amide bonds. The Morgan fingerprint density at radius 1 is 1.25 bits per heavy atom. The highest BCUT2D eigenvalue weighted by Crippen LogP contribution is 2.22. The number of unbranched alkanes of at least 4 members (excludes halogenated alkanes) is 5. The lowest BCUT2D eigenvalue weighted by molar-refractivity contribution is -0.224. The van der Waals surface area contributed by atoms with E-state index in [1.54, 1.807) is 0 Å². The zero-order valence-electron chi connectivity index (χ0n) is 10.0. The maximum atomic E-state index is 10.9. The van der Waals surface area contributed by atoms with Gasteiger partial charge < -0.3 is 14.6 Å². The highest BCUT2D eigenvalue weighted by Gasteiger charge is 2.47. The summed E-state index contributed by atoms with van der Waals surface area (Å²) < 4.78 is 10.3. The number of ether oxygens (including phenoxy) is 2. The molecule has 0 atom stereocenters. The van der Waals surface area contributed by atoms with E-state index >= 15 is 0 Å². The van der Waals surface area contributed by atoms with Crippen LogP contribution in [0.4, 0.5) is 0 Å². The van der Waals surface area contributed by atoms with Gasteiger partial charge in [0.1, 0.15) is 0 Å². The molecule has 1 saturated heterocycles. The van der Waals surface area contributed by atoms with E-state index in [0.717, 1.165) is 12.8 Å². The molecule has 0 aromatic carbocycles. The Hall–Kier alpha value is -0.610. The molecule has 0 unspecified atom stereocenters. The van der Waals surface area contributed by atoms with E-state index in [0.29, 0.717) is 6.61 Å². The van der Waals surface area contributed by atoms with Crippen LogP contribution in [0.1, 0.15) is 45.4 Å². The van der Waals surface area contributed by atoms with Gasteiger partial charge in [-0.15, -0.1) is 0 Å². The van der Waals surface area contributed by atoms with Crippen molar-refractivity contribution in [3.05, 3.63) is 0 Å². The minimum absolute atomic E-state index is 0.193. The standard InChI is InChI=1S/C12H22O4/c1-2-3-4-5-6-7-8-16-12(11(13)14)9-15-10-12/h2-10H2,1H3,(H,13,14). The molecule has 4 heteroatoms. The first-order chi connectivity index (χ1) is 7.71. The Bertz CT molecular complexity index is 211. The Balaban J connectivity index is 2.00. The average molecular weight is 230 g/mol. The van der Waals surface area contributed by atoms with Crippen LogP contribution in [0.5, 0.6) is 0 Å². The second-order valence-corrected chi connectivity index (χ2v) is 4.41. The summed E-state index contributed by atoms with van der Waals surface area (Å²) >= 11 is 0. The molecule has 16 heavy (non-hydrogen) atoms. The molecule has 1 rings (SSSR count). The van der Waals surface area contributed by atoms with Gasteiger partial charge in [-0.25, -0.2) is 4.79 Å². The van der Waals surface area contributed by atoms with Crippen LogP contribution < -0.4 is 0 Å². The van der Waals surface area contributed by atoms with Crippen LogP contribution in [0.3, 0.4) is 0 Å². The number of hydrogen-bond acceptors (Lipinski definition) is 3. The van der Waals surface area contributed by atoms with Crippen LogP contribution in [0.25, 0.3) is 0 Å². The van der Waals surface area contributed by atoms with E-state index < -0.39 is 11.6 Å². The first-order valence-corrected chi connectivity index (χ1v) is 6.16. The summed E-state index contributed by atoms with van der Waals surface area (Å²) in [5.74, 6) is -0.898. The van der Waals surface area contributed by atoms with E-state index in [9.17, 15) is 4.79 Å². The van der Waals surface area contributed by atoms with Gasteiger partial charge in [0.25, 0.3) is 0 Å². The van der Waals surface area contributed by atoms with E-state index in [-0.39, 0.29) is 13.2 Å². The molecule has 0 bridgehead atoms. The van der Waals surface area contributed by atoms with Crippen LogP contribution in [0.15, 0.2) is 0 Å². The van der Waals surface area contributed by atoms with Crippen LogP contribution in [0.2, 0.25) is 0 Å². The highest BCUT2D eigenvalue weighted by molar-refractivity contribution is 5.78. The van der Waals surface area contributed by atoms with Gasteiger partial charge in [-0.3, -0.25) is 0 Å². The summed E-state index contributed by atoms with van der Waals surface area (Å²) in [6, 6.07) is 0. The first kappa shape index (κ1) is 13.5. The fraction of sp³-hybridized carbons (Fsp3) is 0.917. The summed E-state index contributed by atoms with van der Waals surface area (Å²) in [4.78, 5) is 10.9. The van der Waals surface area contributed by atoms with Crippen LogP contribution in [0, 0.1) is 0 Å². The Kier molecular flexibility index (Phi) is 5.77. The van der Waals surface area contributed by atoms with Gasteiger partial charge >= 0.3 is 5.97 Å². The minimum Gasteiger partial charge on any atom is -0.479 e. The average Bonchev–Trinajstić information content (AvgIpc) is 2.19. The maximum Gasteiger partial charge on any atom is 0.340 e. The first-order valence-electron chi connectivity index (χ1n) is 6.16. The van der Waals surface area contributed by atoms with Crippen LogP contribution >= 0.6 is 0 Å². The van der Waals surface area contributed by atoms with Gasteiger partial charge in [0, 0.05) is 6.61 Å². The van der Waals surface area contributed by atoms with Crippen molar-refractivity contribution in [1.29, 1.82) is 0 Å². The second kappa shape index (κ2) is 6.86. The minimum atomic E-state index is -1.04. The summed E-state index contributed by atoms with van der Waals surface area (Å²) in [7, 11) is 0. The van der Waals surface area contributed by atoms with Crippen molar-refractivity contribution in [3.63, 3.8) is 0 Å². The lowest BCUT2D eigenvalue weighted by Crippen LogP contribution is -2.58. The van der Waals surface area contributed by atoms with Crippen molar-refractivity contribution in [2.75, 3.05) is 19.8 Å². The summed E-state index contributed by atoms with van der Waals surface area (Å²) in [5, 5.41) is 8.95. The van der Waals surface area contributed by atoms with Crippen molar-refractivity contribution in [3.8, 4) is 0 Å². The van der Waals surface area contributed by atoms with Gasteiger partial charge in [0.2, 0.25) is 5.60 Å². The van der Waals surface area contributed by atoms with Gasteiger partial charge in [-0.2, -0.15) is 0 Å². The van der Waals surface area contributed by atoms with Crippen LogP contribution in [-0.4, -0.2) is 36.5 Å². The van der Waals surface area contributed by atoms with Crippen molar-refractivity contribution < 1.29 is 19.4 Å². The van der Waals surface area contributed by atoms with E-state index in [1.807, 2.05) is 0 Å². The van der Waals surface area contributed by atoms with Crippen molar-refractivity contribution in [2.45, 2.75) is 51.0 Å². The molecule has 1 N–H and O–H groups in total. The number of carboxylic acid groups (broad SMARTS) is 1. The second-order valence-electron chi connectivity index (χ2n) is 4.41. The summed E-state index contributed by atoms with van der Waals surface area (Å²) in [6.07, 6.45) is 7.08. The fourth-order valence-corrected chi connectivity index (χ4v) is 1.71. The largest absolute Gasteiger partial charge is 0.479 e. The van der Waals surface area contributed by atoms with Crippen molar-refractivity contribution in [1.82, 2.24) is 0 Å². The lowest BCUT2D eigenvalue weighted by Gasteiger charge is -2.36. The molecular weight excluding hydrogens is 208 g/mol. The Morgan fingerprint density at radius 2 is 1.88 bits per heavy atom. The van der Waals surface area contributed by atoms with E-state index in [4.69, 9.17) is 14.6 Å². The van der Waals surface area contributed by atoms with Crippen LogP contribution in [-0.2, 0) is 14.3 Å². The van der Waals surface area contributed by atoms with E-state index in [1.165, 1.54) is 25.7 Å². The molecule has 0 aromatic heterocycles. The molecular formula is C12H22O4. The molecule has 0 radical (unpaired) electrons. The zero-order chi connectivity index (χ0) is 11.9. The molecule has 0 aromatic rings. The number of carbonyl (C=O) groups is 1. The fourth-order valence-electron chi connectivity index (χ4n) is 1.71. The maximum absolute atomic E-state index is 10.9. The van der Waals surface area contributed by atoms with Crippen molar-refractivity contribution >= 4 is 5.97 Å². The van der Waals surface area contributed by atoms with Gasteiger partial charge in [-0.1, -0.05) is 39.0 Å². The third-order valence-electron chi connectivity index (χ3n) is 2.94. The quantitative estimate of drug-likeness (QED) is 0.617. The van der Waals surface area contributed by atoms with Gasteiger partial charge in [0.05, 0.1) is 13.2 Å². The highest BCUT2D eigenvalue weighted by atomic mass is 16.6. The molecule has 1 aliphatic rings. The third-order valence-corrected chi connectivity index (χ3v) is 2.94. The normalized spacial score (nSPS) is 18.1. The molecule has 1 aliphatic heterocycles. The molecule has 0 saturated carbocycles. The smallest absolute Gasteiger partial charge is 0.340 e. The third kappa shape index (κ3) is 3.76. The number of aliphatic carboxylic acids is 1. The number of hydrogen-bond donors (Lipinski definition) is 1. The van der Waals surface area contributed by atoms with Crippen molar-refractivity contribution in [2.24, 2.45) is 0 Å². The Morgan fingerprint density at radius 3 is 2.38 bits per heavy atom. The summed E-state index contributed by atoms with van der Waals surface area (Å²) in [5.41, 5.74) is -1.04. The molecule has 4 nitrogen and oxygen atoms in total. The molecule has 0 spiro atoms. The predicted molar refractivity (Wildman–Crippen MR) is 60.5 cm³/mol. The number of carboxylic acids is 1. The SMILES string of the molecule is CCCCCCCCOC1(C(=O)O)COC1. The zero-order valence-corrected chi connectivity index (χ0v) is 10.0. The van der Waals surface area contributed by atoms with Gasteiger partial charge in [0.15, 0.2) is 0 Å². The topological polar surface area (TPSA) is 55.8 Å². The predicted octanol–water partition coefficient (Wildman–Crippen LogP) is 2.22. The molecule has 0 aliphatic carbocycles. The monoisotopic (exact) mass is 230 g/mol. The van der Waals surface area contributed by atoms with Gasteiger partial charge in [-0.05, 0) is 6.42 Å².